The summed E-state index contributed by atoms with van der Waals surface area (Å²) < 4.78 is 0.803. The molecule has 5 rings (SSSR count). The molecule has 2 aliphatic carbocycles. The van der Waals surface area contributed by atoms with Crippen molar-refractivity contribution in [3.8, 4) is 5.75 Å². The maximum absolute atomic E-state index is 13.4. The molecule has 2 aromatic rings. The van der Waals surface area contributed by atoms with Gasteiger partial charge in [0.2, 0.25) is 17.7 Å². The van der Waals surface area contributed by atoms with Crippen LogP contribution in [0.15, 0.2) is 65.2 Å². The first-order valence-corrected chi connectivity index (χ1v) is 11.1. The third-order valence-corrected chi connectivity index (χ3v) is 7.10. The van der Waals surface area contributed by atoms with Gasteiger partial charge in [-0.1, -0.05) is 52.3 Å². The highest BCUT2D eigenvalue weighted by Crippen LogP contribution is 2.54. The van der Waals surface area contributed by atoms with Gasteiger partial charge in [-0.2, -0.15) is 0 Å². The standard InChI is InChI=1S/C24H21BrN2O4/c25-16-5-3-4-13(11-16)18(12-20(29)26-17-6-1-2-7-19(17)28)27-23(30)21-14-8-9-15(10-14)22(21)24(27)31/h1-9,11,14-15,18,21-22,28H,10,12H2,(H,26,29). The lowest BCUT2D eigenvalue weighted by Gasteiger charge is -2.28. The second-order valence-corrected chi connectivity index (χ2v) is 9.30. The smallest absolute Gasteiger partial charge is 0.234 e. The number of halogens is 1. The van der Waals surface area contributed by atoms with Gasteiger partial charge in [-0.25, -0.2) is 0 Å². The van der Waals surface area contributed by atoms with Crippen LogP contribution in [0, 0.1) is 23.7 Å². The number of carbonyl (C=O) groups is 3. The maximum atomic E-state index is 13.4. The Morgan fingerprint density at radius 2 is 1.74 bits per heavy atom. The fourth-order valence-corrected chi connectivity index (χ4v) is 5.68. The van der Waals surface area contributed by atoms with Gasteiger partial charge in [-0.3, -0.25) is 19.3 Å². The number of aromatic hydroxyl groups is 1. The van der Waals surface area contributed by atoms with Crippen molar-refractivity contribution in [3.05, 3.63) is 70.7 Å². The summed E-state index contributed by atoms with van der Waals surface area (Å²) in [6.07, 6.45) is 4.87. The van der Waals surface area contributed by atoms with Gasteiger partial charge >= 0.3 is 0 Å². The number of allylic oxidation sites excluding steroid dienone is 2. The van der Waals surface area contributed by atoms with Crippen molar-refractivity contribution in [3.63, 3.8) is 0 Å². The Kier molecular flexibility index (Phi) is 4.93. The summed E-state index contributed by atoms with van der Waals surface area (Å²) in [6, 6.07) is 13.1. The molecule has 5 unspecified atom stereocenters. The zero-order chi connectivity index (χ0) is 21.7. The van der Waals surface area contributed by atoms with Crippen LogP contribution in [0.1, 0.15) is 24.4 Å². The summed E-state index contributed by atoms with van der Waals surface area (Å²) in [4.78, 5) is 40.9. The van der Waals surface area contributed by atoms with Crippen LogP contribution in [-0.2, 0) is 14.4 Å². The molecule has 1 aliphatic heterocycles. The number of nitrogens with zero attached hydrogens (tertiary/aromatic N) is 1. The zero-order valence-electron chi connectivity index (χ0n) is 16.6. The van der Waals surface area contributed by atoms with Crippen LogP contribution in [0.2, 0.25) is 0 Å². The highest BCUT2D eigenvalue weighted by atomic mass is 79.9. The Hall–Kier alpha value is -2.93. The first-order chi connectivity index (χ1) is 14.9. The number of hydrogen-bond donors (Lipinski definition) is 2. The number of phenolic OH excluding ortho intramolecular Hbond substituents is 1. The fraction of sp³-hybridized carbons (Fsp3) is 0.292. The van der Waals surface area contributed by atoms with Gasteiger partial charge in [-0.05, 0) is 48.1 Å². The first-order valence-electron chi connectivity index (χ1n) is 10.3. The van der Waals surface area contributed by atoms with E-state index < -0.39 is 6.04 Å². The number of anilines is 1. The Morgan fingerprint density at radius 1 is 1.06 bits per heavy atom. The summed E-state index contributed by atoms with van der Waals surface area (Å²) in [7, 11) is 0. The van der Waals surface area contributed by atoms with Crippen LogP contribution < -0.4 is 5.32 Å². The number of imide groups is 1. The van der Waals surface area contributed by atoms with E-state index in [1.165, 1.54) is 11.0 Å². The second kappa shape index (κ2) is 7.64. The fourth-order valence-electron chi connectivity index (χ4n) is 5.26. The molecule has 0 radical (unpaired) electrons. The Morgan fingerprint density at radius 3 is 2.39 bits per heavy atom. The molecular weight excluding hydrogens is 460 g/mol. The van der Waals surface area contributed by atoms with E-state index >= 15 is 0 Å². The number of nitrogens with one attached hydrogen (secondary N) is 1. The van der Waals surface area contributed by atoms with Gasteiger partial charge in [0, 0.05) is 4.47 Å². The highest BCUT2D eigenvalue weighted by Gasteiger charge is 2.60. The van der Waals surface area contributed by atoms with E-state index in [1.54, 1.807) is 18.2 Å². The van der Waals surface area contributed by atoms with Crippen molar-refractivity contribution >= 4 is 39.3 Å². The lowest BCUT2D eigenvalue weighted by atomic mass is 9.85. The summed E-state index contributed by atoms with van der Waals surface area (Å²) in [6.45, 7) is 0. The number of fused-ring (bicyclic) bond motifs is 5. The minimum absolute atomic E-state index is 0.0413. The molecule has 2 fully saturated rings. The quantitative estimate of drug-likeness (QED) is 0.384. The number of amides is 3. The Labute approximate surface area is 188 Å². The molecule has 2 bridgehead atoms. The molecule has 1 saturated heterocycles. The van der Waals surface area contributed by atoms with Crippen molar-refractivity contribution in [1.82, 2.24) is 4.90 Å². The molecule has 3 amide bonds. The van der Waals surface area contributed by atoms with Crippen molar-refractivity contribution in [2.75, 3.05) is 5.32 Å². The molecule has 7 heteroatoms. The summed E-state index contributed by atoms with van der Waals surface area (Å²) >= 11 is 3.44. The molecule has 0 spiro atoms. The third kappa shape index (κ3) is 3.37. The molecule has 3 aliphatic rings. The summed E-state index contributed by atoms with van der Waals surface area (Å²) in [5, 5.41) is 12.7. The number of benzene rings is 2. The predicted molar refractivity (Wildman–Crippen MR) is 118 cm³/mol. The second-order valence-electron chi connectivity index (χ2n) is 8.39. The lowest BCUT2D eigenvalue weighted by Crippen LogP contribution is -2.38. The number of carbonyl (C=O) groups excluding carboxylic acids is 3. The van der Waals surface area contributed by atoms with Crippen LogP contribution >= 0.6 is 15.9 Å². The molecule has 1 heterocycles. The number of hydrogen-bond acceptors (Lipinski definition) is 4. The van der Waals surface area contributed by atoms with Crippen LogP contribution in [-0.4, -0.2) is 27.7 Å². The number of para-hydroxylation sites is 2. The molecule has 2 N–H and O–H groups in total. The average molecular weight is 481 g/mol. The average Bonchev–Trinajstić information content (AvgIpc) is 3.42. The minimum Gasteiger partial charge on any atom is -0.506 e. The van der Waals surface area contributed by atoms with Crippen LogP contribution in [0.3, 0.4) is 0 Å². The molecule has 2 aromatic carbocycles. The molecular formula is C24H21BrN2O4. The highest BCUT2D eigenvalue weighted by molar-refractivity contribution is 9.10. The molecule has 31 heavy (non-hydrogen) atoms. The van der Waals surface area contributed by atoms with E-state index in [1.807, 2.05) is 24.3 Å². The van der Waals surface area contributed by atoms with E-state index in [0.717, 1.165) is 10.9 Å². The van der Waals surface area contributed by atoms with Gasteiger partial charge in [0.15, 0.2) is 0 Å². The van der Waals surface area contributed by atoms with Crippen molar-refractivity contribution < 1.29 is 19.5 Å². The molecule has 5 atom stereocenters. The van der Waals surface area contributed by atoms with Crippen LogP contribution in [0.4, 0.5) is 5.69 Å². The zero-order valence-corrected chi connectivity index (χ0v) is 18.2. The Balaban J connectivity index is 1.46. The van der Waals surface area contributed by atoms with Crippen LogP contribution in [0.5, 0.6) is 5.75 Å². The van der Waals surface area contributed by atoms with Gasteiger partial charge < -0.3 is 10.4 Å². The summed E-state index contributed by atoms with van der Waals surface area (Å²) in [5.74, 6) is -1.23. The van der Waals surface area contributed by atoms with E-state index in [2.05, 4.69) is 33.4 Å². The van der Waals surface area contributed by atoms with Crippen LogP contribution in [0.25, 0.3) is 0 Å². The third-order valence-electron chi connectivity index (χ3n) is 6.61. The van der Waals surface area contributed by atoms with Gasteiger partial charge in [-0.15, -0.1) is 0 Å². The normalized spacial score (nSPS) is 26.9. The Bertz CT molecular complexity index is 1080. The maximum Gasteiger partial charge on any atom is 0.234 e. The van der Waals surface area contributed by atoms with E-state index in [4.69, 9.17) is 0 Å². The predicted octanol–water partition coefficient (Wildman–Crippen LogP) is 4.03. The van der Waals surface area contributed by atoms with E-state index in [0.29, 0.717) is 11.3 Å². The van der Waals surface area contributed by atoms with Gasteiger partial charge in [0.1, 0.15) is 5.75 Å². The van der Waals surface area contributed by atoms with E-state index in [9.17, 15) is 19.5 Å². The van der Waals surface area contributed by atoms with Crippen molar-refractivity contribution in [1.29, 1.82) is 0 Å². The first kappa shape index (κ1) is 20.0. The largest absolute Gasteiger partial charge is 0.506 e. The van der Waals surface area contributed by atoms with Crippen molar-refractivity contribution in [2.24, 2.45) is 23.7 Å². The number of phenols is 1. The molecule has 158 valence electrons. The molecule has 6 nitrogen and oxygen atoms in total. The topological polar surface area (TPSA) is 86.7 Å². The van der Waals surface area contributed by atoms with Gasteiger partial charge in [0.25, 0.3) is 0 Å². The molecule has 1 saturated carbocycles. The molecule has 0 aromatic heterocycles. The summed E-state index contributed by atoms with van der Waals surface area (Å²) in [5.41, 5.74) is 1.00. The number of rotatable bonds is 5. The van der Waals surface area contributed by atoms with Crippen molar-refractivity contribution in [2.45, 2.75) is 18.9 Å². The van der Waals surface area contributed by atoms with Gasteiger partial charge in [0.05, 0.1) is 30.0 Å². The lowest BCUT2D eigenvalue weighted by molar-refractivity contribution is -0.144. The minimum atomic E-state index is -0.714. The monoisotopic (exact) mass is 480 g/mol. The number of likely N-dealkylation sites (tertiary alicyclic amines) is 1. The SMILES string of the molecule is O=C(CC(c1cccc(Br)c1)N1C(=O)C2C3C=CC(C3)C2C1=O)Nc1ccccc1O. The van der Waals surface area contributed by atoms with E-state index in [-0.39, 0.29) is 53.6 Å².